The molecular formula is C25H32ClN3O. The first-order valence-corrected chi connectivity index (χ1v) is 11.4. The van der Waals surface area contributed by atoms with E-state index in [1.165, 1.54) is 31.2 Å². The first-order valence-electron chi connectivity index (χ1n) is 11.0. The van der Waals surface area contributed by atoms with Crippen LogP contribution >= 0.6 is 11.6 Å². The minimum Gasteiger partial charge on any atom is -0.385 e. The third kappa shape index (κ3) is 5.79. The molecular weight excluding hydrogens is 394 g/mol. The van der Waals surface area contributed by atoms with Crippen molar-refractivity contribution >= 4 is 34.1 Å². The van der Waals surface area contributed by atoms with Crippen LogP contribution in [0.3, 0.4) is 0 Å². The third-order valence-corrected chi connectivity index (χ3v) is 5.70. The molecule has 5 heteroatoms. The molecule has 1 aromatic heterocycles. The van der Waals surface area contributed by atoms with E-state index >= 15 is 0 Å². The highest BCUT2D eigenvalue weighted by Crippen LogP contribution is 2.26. The van der Waals surface area contributed by atoms with Crippen molar-refractivity contribution in [1.29, 1.82) is 0 Å². The lowest BCUT2D eigenvalue weighted by molar-refractivity contribution is 0.0949. The van der Waals surface area contributed by atoms with Crippen molar-refractivity contribution in [3.63, 3.8) is 0 Å². The van der Waals surface area contributed by atoms with Gasteiger partial charge in [0.05, 0.1) is 0 Å². The molecule has 0 aliphatic carbocycles. The summed E-state index contributed by atoms with van der Waals surface area (Å²) in [4.78, 5) is 16.0. The summed E-state index contributed by atoms with van der Waals surface area (Å²) in [5, 5.41) is 8.22. The van der Waals surface area contributed by atoms with Gasteiger partial charge in [-0.05, 0) is 60.7 Å². The van der Waals surface area contributed by atoms with Gasteiger partial charge in [-0.3, -0.25) is 4.79 Å². The fourth-order valence-electron chi connectivity index (χ4n) is 3.76. The molecule has 0 bridgehead atoms. The maximum absolute atomic E-state index is 12.7. The zero-order chi connectivity index (χ0) is 21.3. The number of fused-ring (bicyclic) bond motifs is 1. The molecule has 1 amide bonds. The largest absolute Gasteiger partial charge is 0.385 e. The molecule has 0 fully saturated rings. The molecule has 4 nitrogen and oxygen atoms in total. The van der Waals surface area contributed by atoms with Crippen molar-refractivity contribution < 1.29 is 4.79 Å². The van der Waals surface area contributed by atoms with Crippen molar-refractivity contribution in [1.82, 2.24) is 10.3 Å². The van der Waals surface area contributed by atoms with Crippen molar-refractivity contribution in [3.05, 3.63) is 64.3 Å². The van der Waals surface area contributed by atoms with Crippen LogP contribution in [0.2, 0.25) is 5.02 Å². The molecule has 3 aromatic rings. The van der Waals surface area contributed by atoms with E-state index in [2.05, 4.69) is 53.7 Å². The summed E-state index contributed by atoms with van der Waals surface area (Å²) < 4.78 is 0. The lowest BCUT2D eigenvalue weighted by Gasteiger charge is -2.08. The lowest BCUT2D eigenvalue weighted by atomic mass is 10.1. The second-order valence-corrected chi connectivity index (χ2v) is 8.15. The molecule has 160 valence electrons. The van der Waals surface area contributed by atoms with E-state index in [-0.39, 0.29) is 5.91 Å². The lowest BCUT2D eigenvalue weighted by Crippen LogP contribution is -2.26. The third-order valence-electron chi connectivity index (χ3n) is 5.46. The van der Waals surface area contributed by atoms with Gasteiger partial charge in [0.1, 0.15) is 5.69 Å². The van der Waals surface area contributed by atoms with Crippen LogP contribution in [0.1, 0.15) is 61.1 Å². The van der Waals surface area contributed by atoms with Gasteiger partial charge in [0.2, 0.25) is 0 Å². The topological polar surface area (TPSA) is 56.9 Å². The normalized spacial score (nSPS) is 11.0. The van der Waals surface area contributed by atoms with E-state index in [1.807, 2.05) is 18.2 Å². The summed E-state index contributed by atoms with van der Waals surface area (Å²) in [6.07, 6.45) is 6.63. The number of aryl methyl sites for hydroxylation is 1. The van der Waals surface area contributed by atoms with E-state index in [1.54, 1.807) is 0 Å². The average molecular weight is 426 g/mol. The van der Waals surface area contributed by atoms with E-state index < -0.39 is 0 Å². The second kappa shape index (κ2) is 11.1. The highest BCUT2D eigenvalue weighted by atomic mass is 35.5. The number of rotatable bonds is 11. The van der Waals surface area contributed by atoms with Crippen LogP contribution in [0.25, 0.3) is 10.9 Å². The fraction of sp³-hybridized carbons (Fsp3) is 0.400. The van der Waals surface area contributed by atoms with E-state index in [0.29, 0.717) is 17.3 Å². The van der Waals surface area contributed by atoms with Crippen LogP contribution in [-0.2, 0) is 12.8 Å². The molecule has 0 aliphatic heterocycles. The Balaban J connectivity index is 1.50. The number of nitrogens with one attached hydrogen (secondary N) is 3. The predicted octanol–water partition coefficient (Wildman–Crippen LogP) is 6.35. The van der Waals surface area contributed by atoms with E-state index in [4.69, 9.17) is 11.6 Å². The Morgan fingerprint density at radius 3 is 2.53 bits per heavy atom. The van der Waals surface area contributed by atoms with Gasteiger partial charge < -0.3 is 15.6 Å². The number of H-pyrrole nitrogens is 1. The molecule has 1 heterocycles. The van der Waals surface area contributed by atoms with Gasteiger partial charge in [0.25, 0.3) is 5.91 Å². The van der Waals surface area contributed by atoms with Crippen LogP contribution in [0.4, 0.5) is 5.69 Å². The predicted molar refractivity (Wildman–Crippen MR) is 128 cm³/mol. The average Bonchev–Trinajstić information content (AvgIpc) is 3.12. The zero-order valence-corrected chi connectivity index (χ0v) is 18.7. The number of hydrogen-bond acceptors (Lipinski definition) is 2. The van der Waals surface area contributed by atoms with Gasteiger partial charge >= 0.3 is 0 Å². The van der Waals surface area contributed by atoms with Crippen molar-refractivity contribution in [2.75, 3.05) is 18.4 Å². The van der Waals surface area contributed by atoms with Crippen molar-refractivity contribution in [3.8, 4) is 0 Å². The van der Waals surface area contributed by atoms with Gasteiger partial charge in [-0.25, -0.2) is 0 Å². The Morgan fingerprint density at radius 1 is 1.00 bits per heavy atom. The minimum atomic E-state index is -0.0652. The molecule has 0 saturated heterocycles. The summed E-state index contributed by atoms with van der Waals surface area (Å²) in [7, 11) is 0. The Morgan fingerprint density at radius 2 is 1.80 bits per heavy atom. The number of anilines is 1. The summed E-state index contributed by atoms with van der Waals surface area (Å²) in [5.41, 5.74) is 4.96. The highest BCUT2D eigenvalue weighted by molar-refractivity contribution is 6.31. The second-order valence-electron chi connectivity index (χ2n) is 7.71. The standard InChI is InChI=1S/C25H32ClN3O/c1-3-5-6-7-15-27-20-11-8-18(9-12-20)14-16-28-25(30)24-21(4-2)22-17-19(26)10-13-23(22)29-24/h8-13,17,27,29H,3-7,14-16H2,1-2H3,(H,28,30). The van der Waals surface area contributed by atoms with Crippen LogP contribution < -0.4 is 10.6 Å². The smallest absolute Gasteiger partial charge is 0.268 e. The Hall–Kier alpha value is -2.46. The summed E-state index contributed by atoms with van der Waals surface area (Å²) in [6.45, 7) is 5.90. The number of unbranched alkanes of at least 4 members (excludes halogenated alkanes) is 3. The number of aromatic nitrogens is 1. The molecule has 2 aromatic carbocycles. The maximum Gasteiger partial charge on any atom is 0.268 e. The monoisotopic (exact) mass is 425 g/mol. The van der Waals surface area contributed by atoms with Crippen molar-refractivity contribution in [2.45, 2.75) is 52.4 Å². The van der Waals surface area contributed by atoms with Crippen molar-refractivity contribution in [2.24, 2.45) is 0 Å². The zero-order valence-electron chi connectivity index (χ0n) is 18.0. The molecule has 0 saturated carbocycles. The Bertz CT molecular complexity index is 962. The molecule has 3 N–H and O–H groups in total. The van der Waals surface area contributed by atoms with Gasteiger partial charge in [-0.2, -0.15) is 0 Å². The molecule has 0 spiro atoms. The maximum atomic E-state index is 12.7. The number of carbonyl (C=O) groups is 1. The molecule has 30 heavy (non-hydrogen) atoms. The van der Waals surface area contributed by atoms with Gasteiger partial charge in [-0.1, -0.05) is 56.8 Å². The summed E-state index contributed by atoms with van der Waals surface area (Å²) >= 11 is 6.13. The number of amides is 1. The number of benzene rings is 2. The molecule has 0 aliphatic rings. The van der Waals surface area contributed by atoms with E-state index in [0.717, 1.165) is 41.5 Å². The van der Waals surface area contributed by atoms with Gasteiger partial charge in [-0.15, -0.1) is 0 Å². The molecule has 0 atom stereocenters. The Labute approximate surface area is 184 Å². The first-order chi connectivity index (χ1) is 14.6. The summed E-state index contributed by atoms with van der Waals surface area (Å²) in [6, 6.07) is 14.2. The highest BCUT2D eigenvalue weighted by Gasteiger charge is 2.16. The molecule has 3 rings (SSSR count). The van der Waals surface area contributed by atoms with Gasteiger partial charge in [0, 0.05) is 34.7 Å². The first kappa shape index (κ1) is 22.2. The van der Waals surface area contributed by atoms with Gasteiger partial charge in [0.15, 0.2) is 0 Å². The number of halogens is 1. The number of aromatic amines is 1. The molecule has 0 radical (unpaired) electrons. The van der Waals surface area contributed by atoms with Crippen LogP contribution in [-0.4, -0.2) is 24.0 Å². The number of carbonyl (C=O) groups excluding carboxylic acids is 1. The number of hydrogen-bond donors (Lipinski definition) is 3. The summed E-state index contributed by atoms with van der Waals surface area (Å²) in [5.74, 6) is -0.0652. The van der Waals surface area contributed by atoms with Crippen LogP contribution in [0.5, 0.6) is 0 Å². The van der Waals surface area contributed by atoms with Crippen LogP contribution in [0.15, 0.2) is 42.5 Å². The van der Waals surface area contributed by atoms with E-state index in [9.17, 15) is 4.79 Å². The SMILES string of the molecule is CCCCCCNc1ccc(CCNC(=O)c2[nH]c3ccc(Cl)cc3c2CC)cc1. The quantitative estimate of drug-likeness (QED) is 0.313. The molecule has 0 unspecified atom stereocenters. The van der Waals surface area contributed by atoms with Crippen LogP contribution in [0, 0.1) is 0 Å². The Kier molecular flexibility index (Phi) is 8.21. The fourth-order valence-corrected chi connectivity index (χ4v) is 3.94. The minimum absolute atomic E-state index is 0.0652.